The average Bonchev–Trinajstić information content (AvgIpc) is 2.95. The summed E-state index contributed by atoms with van der Waals surface area (Å²) in [7, 11) is 7.43. The molecule has 0 spiro atoms. The molecule has 5 rings (SSSR count). The molecule has 11 heteroatoms. The van der Waals surface area contributed by atoms with E-state index in [1.54, 1.807) is 34.2 Å². The molecular weight excluding hydrogens is 544 g/mol. The summed E-state index contributed by atoms with van der Waals surface area (Å²) in [5, 5.41) is 11.8. The molecule has 0 amide bonds. The summed E-state index contributed by atoms with van der Waals surface area (Å²) in [6.45, 7) is 0.558. The van der Waals surface area contributed by atoms with Crippen molar-refractivity contribution in [2.24, 2.45) is 4.99 Å². The van der Waals surface area contributed by atoms with Crippen molar-refractivity contribution < 1.29 is 14.6 Å². The minimum absolute atomic E-state index is 0.274. The second-order valence-electron chi connectivity index (χ2n) is 9.75. The quantitative estimate of drug-likeness (QED) is 0.314. The maximum atomic E-state index is 13.1. The fraction of sp³-hybridized carbons (Fsp3) is 0.233. The van der Waals surface area contributed by atoms with Gasteiger partial charge in [-0.25, -0.2) is 9.79 Å². The van der Waals surface area contributed by atoms with Gasteiger partial charge in [0.2, 0.25) is 6.35 Å². The monoisotopic (exact) mass is 574 g/mol. The Kier molecular flexibility index (Phi) is 8.14. The molecule has 3 aromatic carbocycles. The van der Waals surface area contributed by atoms with E-state index < -0.39 is 12.0 Å². The Hall–Kier alpha value is -4.54. The van der Waals surface area contributed by atoms with Crippen molar-refractivity contribution in [3.05, 3.63) is 94.5 Å². The minimum Gasteiger partial charge on any atom is -0.490 e. The number of aromatic nitrogens is 2. The van der Waals surface area contributed by atoms with Crippen molar-refractivity contribution in [1.29, 1.82) is 0 Å². The molecule has 212 valence electrons. The zero-order valence-electron chi connectivity index (χ0n) is 23.2. The van der Waals surface area contributed by atoms with Gasteiger partial charge in [-0.2, -0.15) is 4.98 Å². The van der Waals surface area contributed by atoms with Crippen LogP contribution in [0.1, 0.15) is 0 Å². The fourth-order valence-corrected chi connectivity index (χ4v) is 4.64. The summed E-state index contributed by atoms with van der Waals surface area (Å²) < 4.78 is 13.4. The third-order valence-electron chi connectivity index (χ3n) is 6.41. The van der Waals surface area contributed by atoms with Crippen molar-refractivity contribution in [2.75, 3.05) is 51.2 Å². The lowest BCUT2D eigenvalue weighted by molar-refractivity contribution is 0.186. The van der Waals surface area contributed by atoms with Crippen molar-refractivity contribution in [3.8, 4) is 17.2 Å². The van der Waals surface area contributed by atoms with Crippen molar-refractivity contribution >= 4 is 39.8 Å². The zero-order chi connectivity index (χ0) is 29.1. The predicted octanol–water partition coefficient (Wildman–Crippen LogP) is 4.13. The summed E-state index contributed by atoms with van der Waals surface area (Å²) in [5.74, 6) is 2.47. The largest absolute Gasteiger partial charge is 0.490 e. The fourth-order valence-electron chi connectivity index (χ4n) is 4.47. The number of halogens is 1. The number of ether oxygens (including phenoxy) is 2. The third kappa shape index (κ3) is 6.13. The molecule has 1 atom stereocenters. The number of amidine groups is 1. The Bertz CT molecular complexity index is 1680. The molecule has 1 aliphatic heterocycles. The Labute approximate surface area is 242 Å². The topological polar surface area (TPSA) is 95.7 Å². The molecule has 1 aliphatic rings. The summed E-state index contributed by atoms with van der Waals surface area (Å²) >= 11 is 6.29. The van der Waals surface area contributed by atoms with E-state index in [1.807, 2.05) is 87.7 Å². The van der Waals surface area contributed by atoms with Crippen molar-refractivity contribution in [3.63, 3.8) is 0 Å². The van der Waals surface area contributed by atoms with E-state index in [2.05, 4.69) is 9.98 Å². The third-order valence-corrected chi connectivity index (χ3v) is 6.64. The first kappa shape index (κ1) is 28.0. The van der Waals surface area contributed by atoms with Crippen LogP contribution in [-0.4, -0.2) is 73.1 Å². The molecule has 1 aromatic heterocycles. The van der Waals surface area contributed by atoms with Crippen LogP contribution in [-0.2, 0) is 0 Å². The second kappa shape index (κ2) is 11.9. The highest BCUT2D eigenvalue weighted by Crippen LogP contribution is 2.28. The standard InChI is InChI=1S/C30H31ClN6O4/c1-34(2)27-13-14-36(29(38)32-27)21-7-5-9-23(18-21)40-15-16-41-24-10-6-8-22(19-24)37-26-17-20(31)11-12-25(26)28(35(3)4)33-30(37)39/h5-14,17-19,29,38H,15-16H2,1-4H3. The van der Waals surface area contributed by atoms with Crippen LogP contribution in [0.25, 0.3) is 16.6 Å². The summed E-state index contributed by atoms with van der Waals surface area (Å²) in [5.41, 5.74) is 1.59. The Balaban J connectivity index is 1.27. The lowest BCUT2D eigenvalue weighted by Crippen LogP contribution is -2.36. The summed E-state index contributed by atoms with van der Waals surface area (Å²) in [4.78, 5) is 27.0. The van der Waals surface area contributed by atoms with Crippen LogP contribution >= 0.6 is 11.6 Å². The number of aliphatic imine (C=N–C) groups is 1. The molecule has 0 bridgehead atoms. The summed E-state index contributed by atoms with van der Waals surface area (Å²) in [6.07, 6.45) is 2.59. The molecule has 0 aliphatic carbocycles. The van der Waals surface area contributed by atoms with Gasteiger partial charge >= 0.3 is 5.69 Å². The molecule has 10 nitrogen and oxygen atoms in total. The van der Waals surface area contributed by atoms with Gasteiger partial charge in [-0.05, 0) is 48.5 Å². The van der Waals surface area contributed by atoms with E-state index in [1.165, 1.54) is 4.57 Å². The van der Waals surface area contributed by atoms with Gasteiger partial charge < -0.3 is 29.3 Å². The number of fused-ring (bicyclic) bond motifs is 1. The number of hydrogen-bond acceptors (Lipinski definition) is 9. The number of likely N-dealkylation sites (N-methyl/N-ethyl adjacent to an activating group) is 1. The van der Waals surface area contributed by atoms with Crippen molar-refractivity contribution in [1.82, 2.24) is 14.5 Å². The first-order valence-corrected chi connectivity index (χ1v) is 13.3. The molecule has 0 saturated heterocycles. The van der Waals surface area contributed by atoms with Crippen LogP contribution < -0.4 is 25.0 Å². The number of nitrogens with zero attached hydrogens (tertiary/aromatic N) is 6. The Morgan fingerprint density at radius 3 is 2.20 bits per heavy atom. The van der Waals surface area contributed by atoms with E-state index in [4.69, 9.17) is 21.1 Å². The molecule has 41 heavy (non-hydrogen) atoms. The van der Waals surface area contributed by atoms with Gasteiger partial charge in [-0.1, -0.05) is 23.7 Å². The van der Waals surface area contributed by atoms with E-state index in [0.29, 0.717) is 39.4 Å². The molecule has 0 fully saturated rings. The number of anilines is 2. The van der Waals surface area contributed by atoms with E-state index in [9.17, 15) is 9.90 Å². The van der Waals surface area contributed by atoms with Gasteiger partial charge in [0.15, 0.2) is 0 Å². The minimum atomic E-state index is -1.03. The zero-order valence-corrected chi connectivity index (χ0v) is 24.0. The van der Waals surface area contributed by atoms with E-state index in [-0.39, 0.29) is 13.2 Å². The van der Waals surface area contributed by atoms with Crippen LogP contribution in [0, 0.1) is 0 Å². The lowest BCUT2D eigenvalue weighted by Gasteiger charge is -2.29. The van der Waals surface area contributed by atoms with E-state index >= 15 is 0 Å². The highest BCUT2D eigenvalue weighted by molar-refractivity contribution is 6.31. The van der Waals surface area contributed by atoms with Gasteiger partial charge in [0.05, 0.1) is 11.2 Å². The average molecular weight is 575 g/mol. The van der Waals surface area contributed by atoms with Crippen LogP contribution in [0.5, 0.6) is 11.5 Å². The van der Waals surface area contributed by atoms with Crippen LogP contribution in [0.2, 0.25) is 5.02 Å². The molecule has 0 saturated carbocycles. The van der Waals surface area contributed by atoms with Crippen molar-refractivity contribution in [2.45, 2.75) is 6.35 Å². The Morgan fingerprint density at radius 2 is 1.56 bits per heavy atom. The van der Waals surface area contributed by atoms with Gasteiger partial charge in [-0.3, -0.25) is 4.57 Å². The molecule has 1 N–H and O–H groups in total. The number of hydrogen-bond donors (Lipinski definition) is 1. The summed E-state index contributed by atoms with van der Waals surface area (Å²) in [6, 6.07) is 20.0. The van der Waals surface area contributed by atoms with Crippen LogP contribution in [0.3, 0.4) is 0 Å². The highest BCUT2D eigenvalue weighted by Gasteiger charge is 2.19. The molecular formula is C30H31ClN6O4. The molecule has 1 unspecified atom stereocenters. The maximum absolute atomic E-state index is 13.1. The predicted molar refractivity (Wildman–Crippen MR) is 163 cm³/mol. The van der Waals surface area contributed by atoms with Gasteiger partial charge in [0.1, 0.15) is 36.4 Å². The number of benzene rings is 3. The van der Waals surface area contributed by atoms with E-state index in [0.717, 1.165) is 11.1 Å². The first-order chi connectivity index (χ1) is 19.7. The SMILES string of the molecule is CN(C)C1=NC(O)N(c2cccc(OCCOc3cccc(-n4c(=O)nc(N(C)C)c5ccc(Cl)cc54)c3)c2)C=C1. The maximum Gasteiger partial charge on any atom is 0.354 e. The number of rotatable bonds is 8. The second-order valence-corrected chi connectivity index (χ2v) is 10.2. The first-order valence-electron chi connectivity index (χ1n) is 13.0. The Morgan fingerprint density at radius 1 is 0.902 bits per heavy atom. The highest BCUT2D eigenvalue weighted by atomic mass is 35.5. The molecule has 0 radical (unpaired) electrons. The van der Waals surface area contributed by atoms with Gasteiger partial charge in [0, 0.05) is 62.6 Å². The molecule has 2 heterocycles. The van der Waals surface area contributed by atoms with Crippen LogP contribution in [0.15, 0.2) is 88.8 Å². The van der Waals surface area contributed by atoms with Gasteiger partial charge in [0.25, 0.3) is 0 Å². The molecule has 4 aromatic rings. The van der Waals surface area contributed by atoms with Crippen LogP contribution in [0.4, 0.5) is 11.5 Å². The number of aliphatic hydroxyl groups is 1. The smallest absolute Gasteiger partial charge is 0.354 e. The van der Waals surface area contributed by atoms with Gasteiger partial charge in [-0.15, -0.1) is 0 Å². The lowest BCUT2D eigenvalue weighted by atomic mass is 10.2. The number of aliphatic hydroxyl groups excluding tert-OH is 1. The normalized spacial score (nSPS) is 14.6.